The van der Waals surface area contributed by atoms with Crippen molar-refractivity contribution in [2.45, 2.75) is 59.0 Å². The summed E-state index contributed by atoms with van der Waals surface area (Å²) in [5, 5.41) is 7.17. The van der Waals surface area contributed by atoms with Crippen molar-refractivity contribution in [1.82, 2.24) is 25.1 Å². The average Bonchev–Trinajstić information content (AvgIpc) is 2.98. The van der Waals surface area contributed by atoms with Crippen LogP contribution in [0.25, 0.3) is 0 Å². The Balaban J connectivity index is 1.53. The molecule has 1 fully saturated rings. The number of H-pyrrole nitrogens is 1. The largest absolute Gasteiger partial charge is 0.458 e. The van der Waals surface area contributed by atoms with Crippen molar-refractivity contribution >= 4 is 5.91 Å². The molecule has 1 atom stereocenters. The summed E-state index contributed by atoms with van der Waals surface area (Å²) in [6.07, 6.45) is 7.52. The monoisotopic (exact) mass is 357 g/mol. The Bertz CT molecular complexity index is 721. The lowest BCUT2D eigenvalue weighted by Crippen LogP contribution is -2.44. The van der Waals surface area contributed by atoms with E-state index in [9.17, 15) is 4.79 Å². The fourth-order valence-corrected chi connectivity index (χ4v) is 3.33. The van der Waals surface area contributed by atoms with E-state index >= 15 is 0 Å². The van der Waals surface area contributed by atoms with Gasteiger partial charge in [0, 0.05) is 31.1 Å². The second kappa shape index (κ2) is 8.29. The molecule has 1 amide bonds. The number of carbonyl (C=O) groups is 1. The number of aromatic amines is 1. The van der Waals surface area contributed by atoms with E-state index in [0.717, 1.165) is 54.7 Å². The van der Waals surface area contributed by atoms with Crippen LogP contribution in [0.1, 0.15) is 48.7 Å². The molecule has 0 spiro atoms. The van der Waals surface area contributed by atoms with Gasteiger partial charge in [0.25, 0.3) is 0 Å². The molecule has 0 bridgehead atoms. The maximum absolute atomic E-state index is 12.6. The van der Waals surface area contributed by atoms with Gasteiger partial charge in [0.05, 0.1) is 12.2 Å². The highest BCUT2D eigenvalue weighted by Crippen LogP contribution is 2.18. The Hall–Kier alpha value is -2.44. The smallest absolute Gasteiger partial charge is 0.316 e. The average molecular weight is 357 g/mol. The molecule has 1 unspecified atom stereocenters. The first-order chi connectivity index (χ1) is 12.6. The van der Waals surface area contributed by atoms with Gasteiger partial charge in [0.15, 0.2) is 0 Å². The zero-order valence-electron chi connectivity index (χ0n) is 15.8. The van der Waals surface area contributed by atoms with Crippen LogP contribution in [-0.2, 0) is 17.6 Å². The predicted molar refractivity (Wildman–Crippen MR) is 98.0 cm³/mol. The number of piperidine rings is 1. The SMILES string of the molecule is CCc1cnc(OC2CCCN(C(=O)CCc3c(C)n[nH]c3C)C2)nc1. The zero-order chi connectivity index (χ0) is 18.5. The summed E-state index contributed by atoms with van der Waals surface area (Å²) in [6, 6.07) is 0.395. The molecule has 0 aliphatic carbocycles. The molecule has 1 saturated heterocycles. The molecule has 1 aliphatic heterocycles. The summed E-state index contributed by atoms with van der Waals surface area (Å²) < 4.78 is 5.89. The third-order valence-electron chi connectivity index (χ3n) is 4.96. The molecule has 26 heavy (non-hydrogen) atoms. The number of aromatic nitrogens is 4. The molecule has 2 aromatic rings. The Kier molecular flexibility index (Phi) is 5.85. The summed E-state index contributed by atoms with van der Waals surface area (Å²) in [6.45, 7) is 7.42. The number of amides is 1. The number of rotatable bonds is 6. The third kappa shape index (κ3) is 4.39. The Morgan fingerprint density at radius 1 is 1.35 bits per heavy atom. The van der Waals surface area contributed by atoms with Crippen molar-refractivity contribution in [3.8, 4) is 6.01 Å². The molecule has 0 aromatic carbocycles. The number of aryl methyl sites for hydroxylation is 3. The Morgan fingerprint density at radius 3 is 2.77 bits per heavy atom. The van der Waals surface area contributed by atoms with Crippen LogP contribution in [0.5, 0.6) is 6.01 Å². The van der Waals surface area contributed by atoms with Crippen LogP contribution in [0.3, 0.4) is 0 Å². The van der Waals surface area contributed by atoms with E-state index in [1.54, 1.807) is 12.4 Å². The molecule has 3 rings (SSSR count). The van der Waals surface area contributed by atoms with Gasteiger partial charge >= 0.3 is 6.01 Å². The van der Waals surface area contributed by atoms with Gasteiger partial charge in [-0.25, -0.2) is 9.97 Å². The highest BCUT2D eigenvalue weighted by Gasteiger charge is 2.25. The van der Waals surface area contributed by atoms with Crippen LogP contribution in [0.4, 0.5) is 0 Å². The quantitative estimate of drug-likeness (QED) is 0.858. The standard InChI is InChI=1S/C19H27N5O2/c1-4-15-10-20-19(21-11-15)26-16-6-5-9-24(12-16)18(25)8-7-17-13(2)22-23-14(17)3/h10-11,16H,4-9,12H2,1-3H3,(H,22,23). The topological polar surface area (TPSA) is 84.0 Å². The maximum atomic E-state index is 12.6. The molecule has 140 valence electrons. The fourth-order valence-electron chi connectivity index (χ4n) is 3.33. The number of likely N-dealkylation sites (tertiary alicyclic amines) is 1. The van der Waals surface area contributed by atoms with Crippen molar-refractivity contribution in [1.29, 1.82) is 0 Å². The summed E-state index contributed by atoms with van der Waals surface area (Å²) in [4.78, 5) is 23.0. The highest BCUT2D eigenvalue weighted by molar-refractivity contribution is 5.76. The first kappa shape index (κ1) is 18.4. The van der Waals surface area contributed by atoms with Crippen molar-refractivity contribution in [3.63, 3.8) is 0 Å². The minimum atomic E-state index is -0.0439. The van der Waals surface area contributed by atoms with E-state index < -0.39 is 0 Å². The van der Waals surface area contributed by atoms with E-state index in [-0.39, 0.29) is 12.0 Å². The van der Waals surface area contributed by atoms with Crippen LogP contribution in [0.2, 0.25) is 0 Å². The normalized spacial score (nSPS) is 17.3. The number of nitrogens with one attached hydrogen (secondary N) is 1. The van der Waals surface area contributed by atoms with Crippen LogP contribution in [0.15, 0.2) is 12.4 Å². The molecule has 7 heteroatoms. The molecule has 1 N–H and O–H groups in total. The number of hydrogen-bond donors (Lipinski definition) is 1. The lowest BCUT2D eigenvalue weighted by Gasteiger charge is -2.32. The van der Waals surface area contributed by atoms with Gasteiger partial charge < -0.3 is 9.64 Å². The second-order valence-electron chi connectivity index (χ2n) is 6.86. The molecule has 3 heterocycles. The number of ether oxygens (including phenoxy) is 1. The van der Waals surface area contributed by atoms with Gasteiger partial charge in [0.1, 0.15) is 6.10 Å². The van der Waals surface area contributed by atoms with Gasteiger partial charge in [-0.2, -0.15) is 5.10 Å². The van der Waals surface area contributed by atoms with Crippen LogP contribution < -0.4 is 4.74 Å². The highest BCUT2D eigenvalue weighted by atomic mass is 16.5. The molecule has 0 radical (unpaired) electrons. The van der Waals surface area contributed by atoms with E-state index in [1.807, 2.05) is 18.7 Å². The summed E-state index contributed by atoms with van der Waals surface area (Å²) >= 11 is 0. The molecule has 0 saturated carbocycles. The van der Waals surface area contributed by atoms with Gasteiger partial charge in [-0.15, -0.1) is 0 Å². The lowest BCUT2D eigenvalue weighted by molar-refractivity contribution is -0.133. The van der Waals surface area contributed by atoms with Gasteiger partial charge in [0.2, 0.25) is 5.91 Å². The fraction of sp³-hybridized carbons (Fsp3) is 0.579. The van der Waals surface area contributed by atoms with E-state index in [4.69, 9.17) is 4.74 Å². The van der Waals surface area contributed by atoms with Crippen molar-refractivity contribution in [2.24, 2.45) is 0 Å². The first-order valence-electron chi connectivity index (χ1n) is 9.32. The minimum Gasteiger partial charge on any atom is -0.458 e. The summed E-state index contributed by atoms with van der Waals surface area (Å²) in [5.41, 5.74) is 4.25. The van der Waals surface area contributed by atoms with Crippen molar-refractivity contribution in [3.05, 3.63) is 34.9 Å². The summed E-state index contributed by atoms with van der Waals surface area (Å²) in [7, 11) is 0. The Labute approximate surface area is 154 Å². The summed E-state index contributed by atoms with van der Waals surface area (Å²) in [5.74, 6) is 0.167. The number of carbonyl (C=O) groups excluding carboxylic acids is 1. The zero-order valence-corrected chi connectivity index (χ0v) is 15.8. The molecule has 2 aromatic heterocycles. The predicted octanol–water partition coefficient (Wildman–Crippen LogP) is 2.38. The lowest BCUT2D eigenvalue weighted by atomic mass is 10.0. The molecule has 7 nitrogen and oxygen atoms in total. The molecular formula is C19H27N5O2. The van der Waals surface area contributed by atoms with E-state index in [1.165, 1.54) is 0 Å². The first-order valence-corrected chi connectivity index (χ1v) is 9.32. The van der Waals surface area contributed by atoms with Gasteiger partial charge in [-0.1, -0.05) is 6.92 Å². The number of hydrogen-bond acceptors (Lipinski definition) is 5. The van der Waals surface area contributed by atoms with Crippen LogP contribution in [-0.4, -0.2) is 50.2 Å². The molecular weight excluding hydrogens is 330 g/mol. The van der Waals surface area contributed by atoms with Crippen molar-refractivity contribution in [2.75, 3.05) is 13.1 Å². The molecule has 1 aliphatic rings. The third-order valence-corrected chi connectivity index (χ3v) is 4.96. The maximum Gasteiger partial charge on any atom is 0.316 e. The van der Waals surface area contributed by atoms with Crippen molar-refractivity contribution < 1.29 is 9.53 Å². The van der Waals surface area contributed by atoms with Crippen LogP contribution >= 0.6 is 0 Å². The van der Waals surface area contributed by atoms with E-state index in [0.29, 0.717) is 19.0 Å². The van der Waals surface area contributed by atoms with Gasteiger partial charge in [-0.05, 0) is 50.7 Å². The van der Waals surface area contributed by atoms with Gasteiger partial charge in [-0.3, -0.25) is 9.89 Å². The van der Waals surface area contributed by atoms with Crippen LogP contribution in [0, 0.1) is 13.8 Å². The number of nitrogens with zero attached hydrogens (tertiary/aromatic N) is 4. The second-order valence-corrected chi connectivity index (χ2v) is 6.86. The van der Waals surface area contributed by atoms with E-state index in [2.05, 4.69) is 27.1 Å². The minimum absolute atomic E-state index is 0.0439. The Morgan fingerprint density at radius 2 is 2.12 bits per heavy atom.